The number of halogens is 2. The van der Waals surface area contributed by atoms with E-state index in [4.69, 9.17) is 14.2 Å². The molecule has 1 aliphatic rings. The fourth-order valence-electron chi connectivity index (χ4n) is 2.95. The molecule has 2 N–H and O–H groups in total. The Labute approximate surface area is 199 Å². The van der Waals surface area contributed by atoms with Crippen LogP contribution in [0.5, 0.6) is 11.6 Å². The summed E-state index contributed by atoms with van der Waals surface area (Å²) in [5.41, 5.74) is 0.992. The molecule has 2 aromatic rings. The van der Waals surface area contributed by atoms with Crippen LogP contribution < -0.4 is 15.4 Å². The topological polar surface area (TPSA) is 77.0 Å². The first-order valence-electron chi connectivity index (χ1n) is 10.2. The van der Waals surface area contributed by atoms with Crippen LogP contribution in [0.4, 0.5) is 4.39 Å². The molecule has 1 aromatic carbocycles. The summed E-state index contributed by atoms with van der Waals surface area (Å²) in [4.78, 5) is 8.51. The van der Waals surface area contributed by atoms with Gasteiger partial charge in [-0.3, -0.25) is 4.99 Å². The molecule has 0 aliphatic carbocycles. The van der Waals surface area contributed by atoms with Gasteiger partial charge in [0, 0.05) is 51.5 Å². The molecule has 0 radical (unpaired) electrons. The summed E-state index contributed by atoms with van der Waals surface area (Å²) in [6, 6.07) is 9.54. The average Bonchev–Trinajstić information content (AvgIpc) is 3.29. The molecule has 9 heteroatoms. The Hall–Kier alpha value is -1.98. The summed E-state index contributed by atoms with van der Waals surface area (Å²) in [7, 11) is 1.74. The molecule has 1 aromatic heterocycles. The molecule has 1 saturated heterocycles. The molecule has 0 spiro atoms. The normalized spacial score (nSPS) is 15.9. The van der Waals surface area contributed by atoms with Crippen LogP contribution in [0.2, 0.25) is 0 Å². The van der Waals surface area contributed by atoms with Crippen LogP contribution in [-0.2, 0) is 16.0 Å². The zero-order valence-corrected chi connectivity index (χ0v) is 20.0. The van der Waals surface area contributed by atoms with Crippen molar-refractivity contribution in [2.75, 3.05) is 40.0 Å². The van der Waals surface area contributed by atoms with E-state index in [0.29, 0.717) is 24.1 Å². The lowest BCUT2D eigenvalue weighted by Crippen LogP contribution is -2.37. The van der Waals surface area contributed by atoms with Gasteiger partial charge in [0.05, 0.1) is 13.2 Å². The maximum absolute atomic E-state index is 12.9. The molecule has 170 valence electrons. The molecule has 1 aliphatic heterocycles. The molecule has 1 unspecified atom stereocenters. The highest BCUT2D eigenvalue weighted by Crippen LogP contribution is 2.19. The molecule has 2 heterocycles. The number of rotatable bonds is 10. The predicted octanol–water partition coefficient (Wildman–Crippen LogP) is 3.74. The fraction of sp³-hybridized carbons (Fsp3) is 0.455. The quantitative estimate of drug-likeness (QED) is 0.206. The van der Waals surface area contributed by atoms with E-state index in [1.165, 1.54) is 12.1 Å². The molecular weight excluding hydrogens is 514 g/mol. The van der Waals surface area contributed by atoms with Crippen molar-refractivity contribution in [2.45, 2.75) is 19.4 Å². The lowest BCUT2D eigenvalue weighted by molar-refractivity contribution is 0.0888. The van der Waals surface area contributed by atoms with Crippen LogP contribution in [-0.4, -0.2) is 51.0 Å². The number of nitrogens with zero attached hydrogens (tertiary/aromatic N) is 2. The summed E-state index contributed by atoms with van der Waals surface area (Å²) < 4.78 is 29.6. The molecule has 1 atom stereocenters. The lowest BCUT2D eigenvalue weighted by atomic mass is 10.1. The summed E-state index contributed by atoms with van der Waals surface area (Å²) in [5.74, 6) is 1.97. The lowest BCUT2D eigenvalue weighted by Gasteiger charge is -2.13. The summed E-state index contributed by atoms with van der Waals surface area (Å²) in [6.07, 6.45) is 3.74. The first-order valence-corrected chi connectivity index (χ1v) is 10.2. The monoisotopic (exact) mass is 544 g/mol. The first kappa shape index (κ1) is 25.3. The summed E-state index contributed by atoms with van der Waals surface area (Å²) in [5, 5.41) is 6.53. The molecular formula is C22H30FIN4O3. The molecule has 0 bridgehead atoms. The average molecular weight is 544 g/mol. The van der Waals surface area contributed by atoms with E-state index in [9.17, 15) is 4.39 Å². The zero-order chi connectivity index (χ0) is 21.0. The summed E-state index contributed by atoms with van der Waals surface area (Å²) >= 11 is 0. The van der Waals surface area contributed by atoms with Crippen LogP contribution in [0, 0.1) is 11.7 Å². The van der Waals surface area contributed by atoms with Gasteiger partial charge in [-0.25, -0.2) is 9.37 Å². The van der Waals surface area contributed by atoms with Gasteiger partial charge < -0.3 is 24.8 Å². The minimum absolute atomic E-state index is 0. The Balaban J connectivity index is 0.00000341. The van der Waals surface area contributed by atoms with Gasteiger partial charge in [0.15, 0.2) is 5.96 Å². The number of hydrogen-bond donors (Lipinski definition) is 2. The van der Waals surface area contributed by atoms with Crippen LogP contribution in [0.1, 0.15) is 18.4 Å². The van der Waals surface area contributed by atoms with Crippen molar-refractivity contribution in [3.63, 3.8) is 0 Å². The highest BCUT2D eigenvalue weighted by molar-refractivity contribution is 14.0. The standard InChI is InChI=1S/C22H29FN4O3.HI/c1-24-22(25-10-2-11-28-15-18-9-12-29-16-18)27-14-17-3-8-21(26-13-17)30-20-6-4-19(23)5-7-20;/h3-8,13,18H,2,9-12,14-16H2,1H3,(H2,24,25,27);1H. The minimum atomic E-state index is -0.301. The van der Waals surface area contributed by atoms with Crippen LogP contribution in [0.25, 0.3) is 0 Å². The van der Waals surface area contributed by atoms with Crippen LogP contribution in [0.15, 0.2) is 47.6 Å². The van der Waals surface area contributed by atoms with E-state index in [1.807, 2.05) is 6.07 Å². The number of aliphatic imine (C=N–C) groups is 1. The second-order valence-electron chi connectivity index (χ2n) is 7.07. The van der Waals surface area contributed by atoms with Crippen molar-refractivity contribution in [2.24, 2.45) is 10.9 Å². The van der Waals surface area contributed by atoms with Crippen molar-refractivity contribution in [1.29, 1.82) is 0 Å². The number of hydrogen-bond acceptors (Lipinski definition) is 5. The van der Waals surface area contributed by atoms with Crippen LogP contribution in [0.3, 0.4) is 0 Å². The third-order valence-corrected chi connectivity index (χ3v) is 4.65. The maximum Gasteiger partial charge on any atom is 0.219 e. The van der Waals surface area contributed by atoms with Gasteiger partial charge in [-0.2, -0.15) is 0 Å². The smallest absolute Gasteiger partial charge is 0.219 e. The second-order valence-corrected chi connectivity index (χ2v) is 7.07. The van der Waals surface area contributed by atoms with E-state index in [1.54, 1.807) is 31.4 Å². The maximum atomic E-state index is 12.9. The Morgan fingerprint density at radius 3 is 2.74 bits per heavy atom. The minimum Gasteiger partial charge on any atom is -0.439 e. The molecule has 1 fully saturated rings. The number of aromatic nitrogens is 1. The Morgan fingerprint density at radius 1 is 1.23 bits per heavy atom. The number of benzene rings is 1. The molecule has 31 heavy (non-hydrogen) atoms. The van der Waals surface area contributed by atoms with Gasteiger partial charge in [0.2, 0.25) is 5.88 Å². The van der Waals surface area contributed by atoms with Gasteiger partial charge in [0.1, 0.15) is 11.6 Å². The van der Waals surface area contributed by atoms with Gasteiger partial charge in [0.25, 0.3) is 0 Å². The Bertz CT molecular complexity index is 784. The summed E-state index contributed by atoms with van der Waals surface area (Å²) in [6.45, 7) is 4.55. The highest BCUT2D eigenvalue weighted by Gasteiger charge is 2.15. The van der Waals surface area contributed by atoms with Gasteiger partial charge in [-0.05, 0) is 42.7 Å². The first-order chi connectivity index (χ1) is 14.7. The fourth-order valence-corrected chi connectivity index (χ4v) is 2.95. The molecule has 0 amide bonds. The largest absolute Gasteiger partial charge is 0.439 e. The van der Waals surface area contributed by atoms with Crippen molar-refractivity contribution >= 4 is 29.9 Å². The number of guanidine groups is 1. The number of nitrogens with one attached hydrogen (secondary N) is 2. The number of pyridine rings is 1. The molecule has 7 nitrogen and oxygen atoms in total. The molecule has 0 saturated carbocycles. The van der Waals surface area contributed by atoms with Crippen molar-refractivity contribution in [3.8, 4) is 11.6 Å². The highest BCUT2D eigenvalue weighted by atomic mass is 127. The Kier molecular flexibility index (Phi) is 11.5. The van der Waals surface area contributed by atoms with Gasteiger partial charge in [-0.15, -0.1) is 24.0 Å². The second kappa shape index (κ2) is 14.2. The van der Waals surface area contributed by atoms with Crippen molar-refractivity contribution in [3.05, 3.63) is 54.0 Å². The Morgan fingerprint density at radius 2 is 2.06 bits per heavy atom. The van der Waals surface area contributed by atoms with E-state index >= 15 is 0 Å². The van der Waals surface area contributed by atoms with Crippen molar-refractivity contribution < 1.29 is 18.6 Å². The van der Waals surface area contributed by atoms with Crippen LogP contribution >= 0.6 is 24.0 Å². The SMILES string of the molecule is CN=C(NCCCOCC1CCOC1)NCc1ccc(Oc2ccc(F)cc2)nc1.I. The van der Waals surface area contributed by atoms with E-state index in [2.05, 4.69) is 20.6 Å². The zero-order valence-electron chi connectivity index (χ0n) is 17.7. The predicted molar refractivity (Wildman–Crippen MR) is 129 cm³/mol. The van der Waals surface area contributed by atoms with E-state index < -0.39 is 0 Å². The van der Waals surface area contributed by atoms with Gasteiger partial charge >= 0.3 is 0 Å². The van der Waals surface area contributed by atoms with E-state index in [0.717, 1.165) is 57.3 Å². The third-order valence-electron chi connectivity index (χ3n) is 4.65. The number of ether oxygens (including phenoxy) is 3. The van der Waals surface area contributed by atoms with Gasteiger partial charge in [-0.1, -0.05) is 6.07 Å². The molecule has 3 rings (SSSR count). The van der Waals surface area contributed by atoms with Crippen molar-refractivity contribution in [1.82, 2.24) is 15.6 Å². The third kappa shape index (κ3) is 9.36. The van der Waals surface area contributed by atoms with E-state index in [-0.39, 0.29) is 29.8 Å².